The number of hydrogen-bond acceptors (Lipinski definition) is 9. The monoisotopic (exact) mass is 740 g/mol. The third kappa shape index (κ3) is 6.17. The highest BCUT2D eigenvalue weighted by Crippen LogP contribution is 2.48. The Hall–Kier alpha value is -5.29. The van der Waals surface area contributed by atoms with Crippen LogP contribution in [0.15, 0.2) is 47.4 Å². The van der Waals surface area contributed by atoms with Crippen molar-refractivity contribution in [3.63, 3.8) is 0 Å². The average Bonchev–Trinajstić information content (AvgIpc) is 3.67. The van der Waals surface area contributed by atoms with Crippen LogP contribution < -0.4 is 10.9 Å². The van der Waals surface area contributed by atoms with Crippen LogP contribution in [0.3, 0.4) is 0 Å². The molecular weight excluding hydrogens is 709 g/mol. The molecular formula is C34H32ClF3N8O6. The Morgan fingerprint density at radius 3 is 2.56 bits per heavy atom. The molecule has 2 N–H and O–H groups in total. The van der Waals surface area contributed by atoms with E-state index in [1.54, 1.807) is 11.8 Å². The molecule has 0 saturated carbocycles. The zero-order valence-electron chi connectivity index (χ0n) is 27.9. The van der Waals surface area contributed by atoms with Gasteiger partial charge in [0.05, 0.1) is 33.6 Å². The lowest BCUT2D eigenvalue weighted by Gasteiger charge is -2.39. The molecule has 0 bridgehead atoms. The first-order chi connectivity index (χ1) is 24.7. The summed E-state index contributed by atoms with van der Waals surface area (Å²) in [6.45, 7) is 3.76. The van der Waals surface area contributed by atoms with Crippen molar-refractivity contribution < 1.29 is 37.4 Å². The van der Waals surface area contributed by atoms with E-state index in [-0.39, 0.29) is 77.7 Å². The largest absolute Gasteiger partial charge is 0.505 e. The molecule has 3 amide bonds. The standard InChI is InChI=1S/C34H32ClF3N8O6/c1-18-28-26(33(52-18)9-13-43(14-10-33)31(51)27-24(48)6-3-11-39-27)30(50)46-32(41-29(42-46)20-5-4-12-44(16-20)19(2)47)45(28)17-25(49)40-23-8-7-21(15-22(23)35)34(36,37)38/h3,5-8,11,15,18,48H,4,9-10,12-14,16-17H2,1-2H3,(H,40,49)/t18-/m1/s1. The van der Waals surface area contributed by atoms with E-state index < -0.39 is 47.4 Å². The van der Waals surface area contributed by atoms with Crippen LogP contribution in [0.1, 0.15) is 72.3 Å². The molecule has 1 fully saturated rings. The summed E-state index contributed by atoms with van der Waals surface area (Å²) in [6.07, 6.45) is -1.16. The van der Waals surface area contributed by atoms with Gasteiger partial charge in [0, 0.05) is 44.9 Å². The maximum absolute atomic E-state index is 14.4. The Labute approximate surface area is 298 Å². The summed E-state index contributed by atoms with van der Waals surface area (Å²) in [5.41, 5.74) is -1.64. The van der Waals surface area contributed by atoms with Gasteiger partial charge in [0.1, 0.15) is 17.9 Å². The SMILES string of the molecule is CC(=O)N1CCC=C(c2nc3n(CC(=O)Nc4ccc(C(F)(F)F)cc4Cl)c4c(c(=O)n3n2)C2(CCN(C(=O)c3ncccc3O)CC2)O[C@@H]4C)C1. The number of nitrogens with one attached hydrogen (secondary N) is 1. The van der Waals surface area contributed by atoms with E-state index in [0.717, 1.165) is 16.6 Å². The fourth-order valence-corrected chi connectivity index (χ4v) is 7.35. The fourth-order valence-electron chi connectivity index (χ4n) is 7.12. The van der Waals surface area contributed by atoms with Gasteiger partial charge in [-0.05, 0) is 56.5 Å². The van der Waals surface area contributed by atoms with Crippen LogP contribution in [0.5, 0.6) is 5.75 Å². The molecule has 3 aliphatic heterocycles. The normalized spacial score (nSPS) is 18.4. The molecule has 0 unspecified atom stereocenters. The lowest BCUT2D eigenvalue weighted by atomic mass is 9.85. The second-order valence-corrected chi connectivity index (χ2v) is 13.3. The van der Waals surface area contributed by atoms with E-state index in [9.17, 15) is 37.5 Å². The number of amides is 3. The second kappa shape index (κ2) is 13.0. The summed E-state index contributed by atoms with van der Waals surface area (Å²) >= 11 is 6.13. The number of aromatic nitrogens is 5. The maximum atomic E-state index is 14.4. The average molecular weight is 741 g/mol. The van der Waals surface area contributed by atoms with Crippen LogP contribution in [0, 0.1) is 0 Å². The van der Waals surface area contributed by atoms with E-state index in [4.69, 9.17) is 16.3 Å². The molecule has 1 spiro atoms. The van der Waals surface area contributed by atoms with Gasteiger partial charge in [-0.3, -0.25) is 19.2 Å². The summed E-state index contributed by atoms with van der Waals surface area (Å²) < 4.78 is 48.8. The number of rotatable bonds is 5. The number of hydrogen-bond donors (Lipinski definition) is 2. The van der Waals surface area contributed by atoms with Gasteiger partial charge in [-0.2, -0.15) is 22.7 Å². The quantitative estimate of drug-likeness (QED) is 0.306. The highest BCUT2D eigenvalue weighted by molar-refractivity contribution is 6.33. The molecule has 3 aliphatic rings. The number of fused-ring (bicyclic) bond motifs is 3. The zero-order chi connectivity index (χ0) is 37.1. The molecule has 52 heavy (non-hydrogen) atoms. The summed E-state index contributed by atoms with van der Waals surface area (Å²) in [5, 5.41) is 17.0. The molecule has 1 atom stereocenters. The van der Waals surface area contributed by atoms with Crippen molar-refractivity contribution in [3.8, 4) is 5.75 Å². The predicted molar refractivity (Wildman–Crippen MR) is 179 cm³/mol. The van der Waals surface area contributed by atoms with E-state index >= 15 is 0 Å². The summed E-state index contributed by atoms with van der Waals surface area (Å²) in [7, 11) is 0. The van der Waals surface area contributed by atoms with Gasteiger partial charge in [0.2, 0.25) is 17.6 Å². The highest BCUT2D eigenvalue weighted by Gasteiger charge is 2.50. The number of aromatic hydroxyl groups is 1. The molecule has 4 aromatic rings. The second-order valence-electron chi connectivity index (χ2n) is 12.9. The molecule has 1 saturated heterocycles. The lowest BCUT2D eigenvalue weighted by molar-refractivity contribution is -0.137. The number of pyridine rings is 1. The van der Waals surface area contributed by atoms with Gasteiger partial charge >= 0.3 is 6.18 Å². The van der Waals surface area contributed by atoms with Crippen molar-refractivity contribution in [3.05, 3.63) is 86.3 Å². The number of anilines is 1. The van der Waals surface area contributed by atoms with Gasteiger partial charge in [-0.1, -0.05) is 17.7 Å². The van der Waals surface area contributed by atoms with Crippen LogP contribution in [0.2, 0.25) is 5.02 Å². The smallest absolute Gasteiger partial charge is 0.416 e. The molecule has 0 radical (unpaired) electrons. The Morgan fingerprint density at radius 2 is 1.88 bits per heavy atom. The van der Waals surface area contributed by atoms with Crippen LogP contribution in [0.25, 0.3) is 11.4 Å². The minimum absolute atomic E-state index is 0.0130. The highest BCUT2D eigenvalue weighted by atomic mass is 35.5. The zero-order valence-corrected chi connectivity index (χ0v) is 28.7. The van der Waals surface area contributed by atoms with Crippen LogP contribution in [-0.4, -0.2) is 83.0 Å². The molecule has 0 aliphatic carbocycles. The molecule has 7 rings (SSSR count). The number of halogens is 4. The van der Waals surface area contributed by atoms with Gasteiger partial charge in [0.25, 0.3) is 11.5 Å². The van der Waals surface area contributed by atoms with Gasteiger partial charge in [-0.25, -0.2) is 4.98 Å². The third-order valence-corrected chi connectivity index (χ3v) is 9.94. The van der Waals surface area contributed by atoms with E-state index in [2.05, 4.69) is 20.4 Å². The number of ether oxygens (including phenoxy) is 1. The molecule has 3 aromatic heterocycles. The number of carbonyl (C=O) groups excluding carboxylic acids is 3. The van der Waals surface area contributed by atoms with E-state index in [0.29, 0.717) is 30.3 Å². The van der Waals surface area contributed by atoms with Crippen molar-refractivity contribution in [1.82, 2.24) is 33.9 Å². The number of nitrogens with zero attached hydrogens (tertiary/aromatic N) is 7. The molecule has 1 aromatic carbocycles. The third-order valence-electron chi connectivity index (χ3n) is 9.63. The maximum Gasteiger partial charge on any atom is 0.416 e. The Morgan fingerprint density at radius 1 is 1.13 bits per heavy atom. The summed E-state index contributed by atoms with van der Waals surface area (Å²) in [6, 6.07) is 5.44. The van der Waals surface area contributed by atoms with Gasteiger partial charge in [0.15, 0.2) is 11.5 Å². The first kappa shape index (κ1) is 35.1. The van der Waals surface area contributed by atoms with Crippen LogP contribution in [0.4, 0.5) is 18.9 Å². The first-order valence-corrected chi connectivity index (χ1v) is 16.8. The fraction of sp³-hybridized carbons (Fsp3) is 0.382. The topological polar surface area (TPSA) is 164 Å². The van der Waals surface area contributed by atoms with E-state index in [1.165, 1.54) is 34.7 Å². The number of benzene rings is 1. The number of alkyl halides is 3. The minimum Gasteiger partial charge on any atom is -0.505 e. The van der Waals surface area contributed by atoms with Crippen molar-refractivity contribution in [2.24, 2.45) is 0 Å². The summed E-state index contributed by atoms with van der Waals surface area (Å²) in [4.78, 5) is 65.3. The Balaban J connectivity index is 1.28. The molecule has 6 heterocycles. The Kier molecular flexibility index (Phi) is 8.81. The lowest BCUT2D eigenvalue weighted by Crippen LogP contribution is -2.47. The first-order valence-electron chi connectivity index (χ1n) is 16.4. The van der Waals surface area contributed by atoms with Crippen molar-refractivity contribution in [1.29, 1.82) is 0 Å². The Bertz CT molecular complexity index is 2230. The van der Waals surface area contributed by atoms with Crippen LogP contribution >= 0.6 is 11.6 Å². The summed E-state index contributed by atoms with van der Waals surface area (Å²) in [5.74, 6) is -1.35. The number of carbonyl (C=O) groups is 3. The van der Waals surface area contributed by atoms with Crippen LogP contribution in [-0.2, 0) is 32.6 Å². The van der Waals surface area contributed by atoms with Crippen molar-refractivity contribution in [2.45, 2.75) is 57.5 Å². The van der Waals surface area contributed by atoms with Gasteiger partial charge < -0.3 is 29.5 Å². The molecule has 18 heteroatoms. The number of piperidine rings is 1. The predicted octanol–water partition coefficient (Wildman–Crippen LogP) is 4.16. The van der Waals surface area contributed by atoms with Crippen molar-refractivity contribution >= 4 is 46.4 Å². The van der Waals surface area contributed by atoms with Crippen molar-refractivity contribution in [2.75, 3.05) is 31.5 Å². The molecule has 272 valence electrons. The number of likely N-dealkylation sites (tertiary alicyclic amines) is 1. The minimum atomic E-state index is -4.63. The van der Waals surface area contributed by atoms with Gasteiger partial charge in [-0.15, -0.1) is 5.10 Å². The molecule has 14 nitrogen and oxygen atoms in total. The van der Waals surface area contributed by atoms with E-state index in [1.807, 2.05) is 6.08 Å².